The van der Waals surface area contributed by atoms with Crippen LogP contribution in [0.5, 0.6) is 0 Å². The van der Waals surface area contributed by atoms with E-state index in [-0.39, 0.29) is 17.3 Å². The number of benzene rings is 2. The van der Waals surface area contributed by atoms with Gasteiger partial charge >= 0.3 is 0 Å². The molecule has 0 amide bonds. The van der Waals surface area contributed by atoms with E-state index >= 15 is 0 Å². The Bertz CT molecular complexity index is 828. The molecule has 0 unspecified atom stereocenters. The molecule has 0 saturated heterocycles. The molecule has 1 aliphatic heterocycles. The summed E-state index contributed by atoms with van der Waals surface area (Å²) < 4.78 is 5.54. The van der Waals surface area contributed by atoms with Crippen LogP contribution >= 0.6 is 11.6 Å². The zero-order valence-corrected chi connectivity index (χ0v) is 13.1. The summed E-state index contributed by atoms with van der Waals surface area (Å²) in [5.74, 6) is -0.142. The molecule has 23 heavy (non-hydrogen) atoms. The molecule has 0 radical (unpaired) electrons. The molecule has 2 aromatic carbocycles. The number of hydrogen-bond acceptors (Lipinski definition) is 3. The van der Waals surface area contributed by atoms with E-state index in [0.29, 0.717) is 16.3 Å². The molecule has 3 rings (SSSR count). The molecule has 0 aliphatic carbocycles. The molecule has 2 aromatic rings. The third kappa shape index (κ3) is 3.41. The van der Waals surface area contributed by atoms with E-state index in [2.05, 4.69) is 0 Å². The zero-order chi connectivity index (χ0) is 16.4. The number of carbonyl (C=O) groups excluding carboxylic acids is 2. The largest absolute Gasteiger partial charge is 0.452 e. The normalized spacial score (nSPS) is 15.5. The molecule has 1 heterocycles. The Labute approximate surface area is 138 Å². The summed E-state index contributed by atoms with van der Waals surface area (Å²) in [5.41, 5.74) is 2.36. The highest BCUT2D eigenvalue weighted by atomic mass is 35.5. The van der Waals surface area contributed by atoms with Gasteiger partial charge in [0, 0.05) is 28.3 Å². The predicted octanol–water partition coefficient (Wildman–Crippen LogP) is 4.36. The summed E-state index contributed by atoms with van der Waals surface area (Å²) in [6.07, 6.45) is 2.61. The molecular formula is C19H13ClO3. The van der Waals surface area contributed by atoms with Gasteiger partial charge in [-0.05, 0) is 31.2 Å². The van der Waals surface area contributed by atoms with Crippen LogP contribution in [0, 0.1) is 6.92 Å². The minimum absolute atomic E-state index is 0.0283. The van der Waals surface area contributed by atoms with Crippen molar-refractivity contribution in [1.29, 1.82) is 0 Å². The van der Waals surface area contributed by atoms with Crippen molar-refractivity contribution in [3.8, 4) is 0 Å². The van der Waals surface area contributed by atoms with Crippen LogP contribution < -0.4 is 0 Å². The SMILES string of the molecule is Cc1ccc(C2=CC(=O)/C(=C/C(=O)c3ccc(Cl)cc3)O2)cc1. The van der Waals surface area contributed by atoms with Crippen molar-refractivity contribution in [3.05, 3.63) is 88.2 Å². The average molecular weight is 325 g/mol. The maximum Gasteiger partial charge on any atom is 0.224 e. The quantitative estimate of drug-likeness (QED) is 0.622. The van der Waals surface area contributed by atoms with Gasteiger partial charge in [-0.15, -0.1) is 0 Å². The molecular weight excluding hydrogens is 312 g/mol. The first kappa shape index (κ1) is 15.3. The first-order chi connectivity index (χ1) is 11.0. The van der Waals surface area contributed by atoms with Crippen LogP contribution in [0.2, 0.25) is 5.02 Å². The smallest absolute Gasteiger partial charge is 0.224 e. The van der Waals surface area contributed by atoms with Crippen molar-refractivity contribution >= 4 is 28.9 Å². The van der Waals surface area contributed by atoms with Gasteiger partial charge in [0.15, 0.2) is 11.5 Å². The summed E-state index contributed by atoms with van der Waals surface area (Å²) in [6.45, 7) is 1.98. The average Bonchev–Trinajstić information content (AvgIpc) is 2.89. The van der Waals surface area contributed by atoms with Gasteiger partial charge in [-0.3, -0.25) is 9.59 Å². The van der Waals surface area contributed by atoms with E-state index in [0.717, 1.165) is 11.1 Å². The van der Waals surface area contributed by atoms with Crippen LogP contribution in [0.25, 0.3) is 5.76 Å². The summed E-state index contributed by atoms with van der Waals surface area (Å²) in [4.78, 5) is 24.2. The summed E-state index contributed by atoms with van der Waals surface area (Å²) >= 11 is 5.79. The molecule has 0 aromatic heterocycles. The lowest BCUT2D eigenvalue weighted by molar-refractivity contribution is -0.112. The minimum Gasteiger partial charge on any atom is -0.452 e. The van der Waals surface area contributed by atoms with Crippen molar-refractivity contribution in [1.82, 2.24) is 0 Å². The number of allylic oxidation sites excluding steroid dienone is 2. The van der Waals surface area contributed by atoms with Crippen molar-refractivity contribution in [2.45, 2.75) is 6.92 Å². The van der Waals surface area contributed by atoms with Gasteiger partial charge < -0.3 is 4.74 Å². The first-order valence-corrected chi connectivity index (χ1v) is 7.43. The van der Waals surface area contributed by atoms with Crippen molar-refractivity contribution in [3.63, 3.8) is 0 Å². The van der Waals surface area contributed by atoms with Crippen molar-refractivity contribution < 1.29 is 14.3 Å². The Hall–Kier alpha value is -2.65. The van der Waals surface area contributed by atoms with Gasteiger partial charge in [-0.1, -0.05) is 41.4 Å². The van der Waals surface area contributed by atoms with Gasteiger partial charge in [0.1, 0.15) is 5.76 Å². The van der Waals surface area contributed by atoms with Gasteiger partial charge in [0.25, 0.3) is 0 Å². The standard InChI is InChI=1S/C19H13ClO3/c1-12-2-4-14(5-3-12)18-11-17(22)19(23-18)10-16(21)13-6-8-15(20)9-7-13/h2-11H,1H3/b19-10-. The van der Waals surface area contributed by atoms with Crippen LogP contribution in [0.15, 0.2) is 66.4 Å². The highest BCUT2D eigenvalue weighted by Gasteiger charge is 2.23. The molecule has 0 spiro atoms. The Morgan fingerprint density at radius 3 is 2.35 bits per heavy atom. The molecule has 0 saturated carbocycles. The molecule has 0 bridgehead atoms. The highest BCUT2D eigenvalue weighted by molar-refractivity contribution is 6.30. The predicted molar refractivity (Wildman–Crippen MR) is 89.1 cm³/mol. The van der Waals surface area contributed by atoms with Crippen LogP contribution in [0.1, 0.15) is 21.5 Å². The fourth-order valence-corrected chi connectivity index (χ4v) is 2.29. The van der Waals surface area contributed by atoms with Crippen LogP contribution in [-0.2, 0) is 9.53 Å². The number of ether oxygens (including phenoxy) is 1. The van der Waals surface area contributed by atoms with E-state index in [9.17, 15) is 9.59 Å². The lowest BCUT2D eigenvalue weighted by Gasteiger charge is -2.04. The number of rotatable bonds is 3. The lowest BCUT2D eigenvalue weighted by Crippen LogP contribution is -2.01. The Kier molecular flexibility index (Phi) is 4.13. The Balaban J connectivity index is 1.80. The third-order valence-electron chi connectivity index (χ3n) is 3.45. The number of halogens is 1. The van der Waals surface area contributed by atoms with E-state index in [4.69, 9.17) is 16.3 Å². The third-order valence-corrected chi connectivity index (χ3v) is 3.70. The summed E-state index contributed by atoms with van der Waals surface area (Å²) in [5, 5.41) is 0.547. The van der Waals surface area contributed by atoms with E-state index < -0.39 is 0 Å². The van der Waals surface area contributed by atoms with Crippen LogP contribution in [0.4, 0.5) is 0 Å². The van der Waals surface area contributed by atoms with E-state index in [1.54, 1.807) is 24.3 Å². The molecule has 3 nitrogen and oxygen atoms in total. The number of aryl methyl sites for hydroxylation is 1. The molecule has 0 N–H and O–H groups in total. The summed E-state index contributed by atoms with van der Waals surface area (Å²) in [7, 11) is 0. The second-order valence-corrected chi connectivity index (χ2v) is 5.66. The number of carbonyl (C=O) groups is 2. The maximum absolute atomic E-state index is 12.2. The Morgan fingerprint density at radius 1 is 1.04 bits per heavy atom. The molecule has 0 atom stereocenters. The molecule has 114 valence electrons. The molecule has 0 fully saturated rings. The second-order valence-electron chi connectivity index (χ2n) is 5.22. The van der Waals surface area contributed by atoms with Gasteiger partial charge in [-0.2, -0.15) is 0 Å². The Morgan fingerprint density at radius 2 is 1.70 bits per heavy atom. The number of hydrogen-bond donors (Lipinski definition) is 0. The van der Waals surface area contributed by atoms with Gasteiger partial charge in [0.2, 0.25) is 5.78 Å². The zero-order valence-electron chi connectivity index (χ0n) is 12.4. The van der Waals surface area contributed by atoms with Crippen LogP contribution in [-0.4, -0.2) is 11.6 Å². The number of ketones is 2. The second kappa shape index (κ2) is 6.23. The summed E-state index contributed by atoms with van der Waals surface area (Å²) in [6, 6.07) is 14.1. The fraction of sp³-hybridized carbons (Fsp3) is 0.0526. The van der Waals surface area contributed by atoms with Gasteiger partial charge in [0.05, 0.1) is 0 Å². The monoisotopic (exact) mass is 324 g/mol. The minimum atomic E-state index is -0.317. The van der Waals surface area contributed by atoms with Crippen LogP contribution in [0.3, 0.4) is 0 Å². The van der Waals surface area contributed by atoms with Crippen molar-refractivity contribution in [2.24, 2.45) is 0 Å². The lowest BCUT2D eigenvalue weighted by atomic mass is 10.1. The highest BCUT2D eigenvalue weighted by Crippen LogP contribution is 2.27. The van der Waals surface area contributed by atoms with E-state index in [1.165, 1.54) is 12.2 Å². The molecule has 4 heteroatoms. The fourth-order valence-electron chi connectivity index (χ4n) is 2.17. The van der Waals surface area contributed by atoms with E-state index in [1.807, 2.05) is 31.2 Å². The first-order valence-electron chi connectivity index (χ1n) is 7.05. The molecule has 1 aliphatic rings. The van der Waals surface area contributed by atoms with Crippen molar-refractivity contribution in [2.75, 3.05) is 0 Å². The topological polar surface area (TPSA) is 43.4 Å². The van der Waals surface area contributed by atoms with Gasteiger partial charge in [-0.25, -0.2) is 0 Å². The maximum atomic E-state index is 12.2.